The van der Waals surface area contributed by atoms with Crippen LogP contribution in [0.15, 0.2) is 30.4 Å². The molecule has 0 spiro atoms. The highest BCUT2D eigenvalue weighted by Gasteiger charge is 2.04. The van der Waals surface area contributed by atoms with E-state index in [-0.39, 0.29) is 0 Å². The SMILES string of the molecule is C=C(CC)COc1ccc(Cl)cc1CCN. The fourth-order valence-electron chi connectivity index (χ4n) is 1.32. The Hall–Kier alpha value is -0.990. The molecule has 0 heterocycles. The summed E-state index contributed by atoms with van der Waals surface area (Å²) in [6.45, 7) is 7.11. The molecular formula is C13H18ClNO. The molecule has 88 valence electrons. The van der Waals surface area contributed by atoms with Crippen molar-refractivity contribution in [3.05, 3.63) is 40.9 Å². The monoisotopic (exact) mass is 239 g/mol. The Labute approximate surface area is 102 Å². The predicted molar refractivity (Wildman–Crippen MR) is 69.1 cm³/mol. The highest BCUT2D eigenvalue weighted by molar-refractivity contribution is 6.30. The second-order valence-electron chi connectivity index (χ2n) is 3.68. The zero-order chi connectivity index (χ0) is 12.0. The standard InChI is InChI=1S/C13H18ClNO/c1-3-10(2)9-16-13-5-4-12(14)8-11(13)6-7-15/h4-5,8H,2-3,6-7,9,15H2,1H3. The second kappa shape index (κ2) is 6.56. The minimum Gasteiger partial charge on any atom is -0.489 e. The van der Waals surface area contributed by atoms with Crippen molar-refractivity contribution >= 4 is 11.6 Å². The molecule has 0 atom stereocenters. The van der Waals surface area contributed by atoms with Crippen LogP contribution < -0.4 is 10.5 Å². The third-order valence-electron chi connectivity index (χ3n) is 2.37. The summed E-state index contributed by atoms with van der Waals surface area (Å²) in [5.41, 5.74) is 7.68. The maximum Gasteiger partial charge on any atom is 0.123 e. The Morgan fingerprint density at radius 1 is 1.50 bits per heavy atom. The lowest BCUT2D eigenvalue weighted by Crippen LogP contribution is -2.06. The van der Waals surface area contributed by atoms with Crippen LogP contribution in [0, 0.1) is 0 Å². The normalized spacial score (nSPS) is 10.2. The van der Waals surface area contributed by atoms with E-state index in [1.165, 1.54) is 0 Å². The number of halogens is 1. The van der Waals surface area contributed by atoms with Gasteiger partial charge in [-0.15, -0.1) is 0 Å². The Bertz CT molecular complexity index is 363. The Balaban J connectivity index is 2.73. The van der Waals surface area contributed by atoms with Gasteiger partial charge in [-0.3, -0.25) is 0 Å². The Morgan fingerprint density at radius 3 is 2.88 bits per heavy atom. The molecule has 16 heavy (non-hydrogen) atoms. The molecule has 1 rings (SSSR count). The van der Waals surface area contributed by atoms with Gasteiger partial charge >= 0.3 is 0 Å². The van der Waals surface area contributed by atoms with Crippen LogP contribution in [0.1, 0.15) is 18.9 Å². The van der Waals surface area contributed by atoms with Crippen molar-refractivity contribution in [3.8, 4) is 5.75 Å². The third kappa shape index (κ3) is 3.87. The van der Waals surface area contributed by atoms with Crippen LogP contribution in [-0.2, 0) is 6.42 Å². The van der Waals surface area contributed by atoms with E-state index in [2.05, 4.69) is 13.5 Å². The maximum absolute atomic E-state index is 5.93. The van der Waals surface area contributed by atoms with Gasteiger partial charge in [0.05, 0.1) is 0 Å². The molecule has 0 radical (unpaired) electrons. The van der Waals surface area contributed by atoms with E-state index in [1.807, 2.05) is 18.2 Å². The summed E-state index contributed by atoms with van der Waals surface area (Å²) in [6.07, 6.45) is 1.70. The number of ether oxygens (including phenoxy) is 1. The first-order chi connectivity index (χ1) is 7.67. The molecule has 0 aliphatic heterocycles. The van der Waals surface area contributed by atoms with Crippen LogP contribution in [0.4, 0.5) is 0 Å². The molecule has 0 fully saturated rings. The van der Waals surface area contributed by atoms with Crippen molar-refractivity contribution in [2.75, 3.05) is 13.2 Å². The smallest absolute Gasteiger partial charge is 0.123 e. The van der Waals surface area contributed by atoms with Gasteiger partial charge in [0.2, 0.25) is 0 Å². The summed E-state index contributed by atoms with van der Waals surface area (Å²) in [7, 11) is 0. The van der Waals surface area contributed by atoms with E-state index < -0.39 is 0 Å². The summed E-state index contributed by atoms with van der Waals surface area (Å²) in [4.78, 5) is 0. The first kappa shape index (κ1) is 13.1. The fraction of sp³-hybridized carbons (Fsp3) is 0.385. The van der Waals surface area contributed by atoms with Gasteiger partial charge in [0.15, 0.2) is 0 Å². The lowest BCUT2D eigenvalue weighted by Gasteiger charge is -2.12. The molecule has 3 heteroatoms. The van der Waals surface area contributed by atoms with E-state index in [9.17, 15) is 0 Å². The van der Waals surface area contributed by atoms with Gasteiger partial charge in [0.25, 0.3) is 0 Å². The number of hydrogen-bond acceptors (Lipinski definition) is 2. The van der Waals surface area contributed by atoms with Crippen molar-refractivity contribution in [1.29, 1.82) is 0 Å². The van der Waals surface area contributed by atoms with Crippen LogP contribution >= 0.6 is 11.6 Å². The zero-order valence-corrected chi connectivity index (χ0v) is 10.4. The summed E-state index contributed by atoms with van der Waals surface area (Å²) in [6, 6.07) is 5.61. The van der Waals surface area contributed by atoms with Crippen molar-refractivity contribution in [1.82, 2.24) is 0 Å². The largest absolute Gasteiger partial charge is 0.489 e. The molecule has 0 unspecified atom stereocenters. The fourth-order valence-corrected chi connectivity index (χ4v) is 1.52. The van der Waals surface area contributed by atoms with Gasteiger partial charge in [0, 0.05) is 5.02 Å². The van der Waals surface area contributed by atoms with Crippen LogP contribution in [0.5, 0.6) is 5.75 Å². The van der Waals surface area contributed by atoms with Gasteiger partial charge in [-0.1, -0.05) is 25.1 Å². The first-order valence-corrected chi connectivity index (χ1v) is 5.83. The average molecular weight is 240 g/mol. The Morgan fingerprint density at radius 2 is 2.25 bits per heavy atom. The quantitative estimate of drug-likeness (QED) is 0.774. The first-order valence-electron chi connectivity index (χ1n) is 5.45. The van der Waals surface area contributed by atoms with Crippen molar-refractivity contribution in [2.24, 2.45) is 5.73 Å². The number of rotatable bonds is 6. The highest BCUT2D eigenvalue weighted by atomic mass is 35.5. The summed E-state index contributed by atoms with van der Waals surface area (Å²) in [5.74, 6) is 0.851. The molecule has 0 saturated carbocycles. The van der Waals surface area contributed by atoms with Gasteiger partial charge in [-0.2, -0.15) is 0 Å². The van der Waals surface area contributed by atoms with Crippen LogP contribution in [0.25, 0.3) is 0 Å². The lowest BCUT2D eigenvalue weighted by atomic mass is 10.1. The van der Waals surface area contributed by atoms with Crippen LogP contribution in [0.3, 0.4) is 0 Å². The molecule has 2 N–H and O–H groups in total. The Kier molecular flexibility index (Phi) is 5.36. The van der Waals surface area contributed by atoms with E-state index >= 15 is 0 Å². The molecule has 0 aromatic heterocycles. The van der Waals surface area contributed by atoms with Crippen molar-refractivity contribution in [3.63, 3.8) is 0 Å². The van der Waals surface area contributed by atoms with E-state index in [1.54, 1.807) is 0 Å². The molecule has 1 aromatic rings. The lowest BCUT2D eigenvalue weighted by molar-refractivity contribution is 0.345. The number of hydrogen-bond donors (Lipinski definition) is 1. The zero-order valence-electron chi connectivity index (χ0n) is 9.63. The molecule has 0 aliphatic rings. The second-order valence-corrected chi connectivity index (χ2v) is 4.12. The minimum absolute atomic E-state index is 0.551. The predicted octanol–water partition coefficient (Wildman–Crippen LogP) is 3.19. The third-order valence-corrected chi connectivity index (χ3v) is 2.60. The van der Waals surface area contributed by atoms with E-state index in [4.69, 9.17) is 22.1 Å². The van der Waals surface area contributed by atoms with E-state index in [0.717, 1.165) is 29.7 Å². The number of nitrogens with two attached hydrogens (primary N) is 1. The minimum atomic E-state index is 0.551. The van der Waals surface area contributed by atoms with E-state index in [0.29, 0.717) is 18.2 Å². The van der Waals surface area contributed by atoms with Crippen LogP contribution in [0.2, 0.25) is 5.02 Å². The molecule has 0 aliphatic carbocycles. The summed E-state index contributed by atoms with van der Waals surface area (Å²) in [5, 5.41) is 0.713. The van der Waals surface area contributed by atoms with Gasteiger partial charge in [-0.05, 0) is 48.7 Å². The van der Waals surface area contributed by atoms with Gasteiger partial charge in [-0.25, -0.2) is 0 Å². The highest BCUT2D eigenvalue weighted by Crippen LogP contribution is 2.23. The summed E-state index contributed by atoms with van der Waals surface area (Å²) < 4.78 is 5.68. The molecule has 1 aromatic carbocycles. The molecular weight excluding hydrogens is 222 g/mol. The summed E-state index contributed by atoms with van der Waals surface area (Å²) >= 11 is 5.93. The van der Waals surface area contributed by atoms with Gasteiger partial charge < -0.3 is 10.5 Å². The molecule has 0 saturated heterocycles. The molecule has 0 bridgehead atoms. The van der Waals surface area contributed by atoms with Gasteiger partial charge in [0.1, 0.15) is 12.4 Å². The average Bonchev–Trinajstić information content (AvgIpc) is 2.28. The molecule has 0 amide bonds. The topological polar surface area (TPSA) is 35.2 Å². The maximum atomic E-state index is 5.93. The molecule has 2 nitrogen and oxygen atoms in total. The number of benzene rings is 1. The van der Waals surface area contributed by atoms with Crippen molar-refractivity contribution in [2.45, 2.75) is 19.8 Å². The van der Waals surface area contributed by atoms with Crippen molar-refractivity contribution < 1.29 is 4.74 Å². The van der Waals surface area contributed by atoms with Crippen LogP contribution in [-0.4, -0.2) is 13.2 Å².